The molecule has 1 aromatic rings. The van der Waals surface area contributed by atoms with Crippen LogP contribution < -0.4 is 5.32 Å². The van der Waals surface area contributed by atoms with Gasteiger partial charge in [-0.3, -0.25) is 4.90 Å². The van der Waals surface area contributed by atoms with Crippen molar-refractivity contribution in [3.05, 3.63) is 11.8 Å². The minimum absolute atomic E-state index is 0.737. The largest absolute Gasteiger partial charge is 0.424 e. The van der Waals surface area contributed by atoms with E-state index in [0.717, 1.165) is 50.3 Å². The third-order valence-corrected chi connectivity index (χ3v) is 3.03. The number of likely N-dealkylation sites (tertiary alicyclic amines) is 1. The molecule has 0 aromatic carbocycles. The highest BCUT2D eigenvalue weighted by Gasteiger charge is 2.23. The summed E-state index contributed by atoms with van der Waals surface area (Å²) in [6.45, 7) is 6.19. The molecule has 90 valence electrons. The smallest absolute Gasteiger partial charge is 0.230 e. The monoisotopic (exact) mass is 224 g/mol. The molecular weight excluding hydrogens is 204 g/mol. The van der Waals surface area contributed by atoms with E-state index in [1.807, 2.05) is 14.0 Å². The molecule has 5 nitrogen and oxygen atoms in total. The van der Waals surface area contributed by atoms with Crippen LogP contribution in [0.3, 0.4) is 0 Å². The number of hydrogen-bond donors (Lipinski definition) is 1. The standard InChI is InChI=1S/C11H20N4O/c1-3-10-13-14-11(16-10)8-15-5-4-9(7-15)6-12-2/h9,12H,3-8H2,1-2H3. The van der Waals surface area contributed by atoms with E-state index in [4.69, 9.17) is 4.42 Å². The van der Waals surface area contributed by atoms with Crippen LogP contribution in [0.1, 0.15) is 25.1 Å². The quantitative estimate of drug-likeness (QED) is 0.797. The molecule has 0 saturated carbocycles. The molecule has 16 heavy (non-hydrogen) atoms. The summed E-state index contributed by atoms with van der Waals surface area (Å²) in [5.41, 5.74) is 0. The predicted molar refractivity (Wildman–Crippen MR) is 61.0 cm³/mol. The van der Waals surface area contributed by atoms with E-state index in [2.05, 4.69) is 20.4 Å². The minimum atomic E-state index is 0.737. The second-order valence-electron chi connectivity index (χ2n) is 4.39. The maximum absolute atomic E-state index is 5.51. The van der Waals surface area contributed by atoms with Crippen molar-refractivity contribution in [2.45, 2.75) is 26.3 Å². The van der Waals surface area contributed by atoms with Gasteiger partial charge in [0, 0.05) is 13.0 Å². The van der Waals surface area contributed by atoms with Crippen molar-refractivity contribution in [1.29, 1.82) is 0 Å². The Morgan fingerprint density at radius 2 is 2.25 bits per heavy atom. The molecule has 1 N–H and O–H groups in total. The normalized spacial score (nSPS) is 21.8. The van der Waals surface area contributed by atoms with Gasteiger partial charge in [0.1, 0.15) is 0 Å². The van der Waals surface area contributed by atoms with E-state index in [0.29, 0.717) is 0 Å². The molecule has 0 radical (unpaired) electrons. The average molecular weight is 224 g/mol. The maximum atomic E-state index is 5.51. The SMILES string of the molecule is CCc1nnc(CN2CCC(CNC)C2)o1. The molecule has 1 atom stereocenters. The minimum Gasteiger partial charge on any atom is -0.424 e. The van der Waals surface area contributed by atoms with E-state index < -0.39 is 0 Å². The molecule has 0 spiro atoms. The Balaban J connectivity index is 1.82. The van der Waals surface area contributed by atoms with Gasteiger partial charge >= 0.3 is 0 Å². The van der Waals surface area contributed by atoms with E-state index in [1.165, 1.54) is 6.42 Å². The van der Waals surface area contributed by atoms with Crippen LogP contribution in [0.4, 0.5) is 0 Å². The highest BCUT2D eigenvalue weighted by Crippen LogP contribution is 2.17. The Bertz CT molecular complexity index is 326. The summed E-state index contributed by atoms with van der Waals surface area (Å²) in [5, 5.41) is 11.3. The third-order valence-electron chi connectivity index (χ3n) is 3.03. The molecule has 1 aromatic heterocycles. The van der Waals surface area contributed by atoms with Crippen LogP contribution in [0.25, 0.3) is 0 Å². The predicted octanol–water partition coefficient (Wildman–Crippen LogP) is 0.673. The zero-order valence-electron chi connectivity index (χ0n) is 10.1. The first-order chi connectivity index (χ1) is 7.81. The van der Waals surface area contributed by atoms with Gasteiger partial charge in [0.2, 0.25) is 11.8 Å². The summed E-state index contributed by atoms with van der Waals surface area (Å²) in [6.07, 6.45) is 2.07. The summed E-state index contributed by atoms with van der Waals surface area (Å²) in [7, 11) is 2.01. The second-order valence-corrected chi connectivity index (χ2v) is 4.39. The number of hydrogen-bond acceptors (Lipinski definition) is 5. The average Bonchev–Trinajstić information content (AvgIpc) is 2.89. The van der Waals surface area contributed by atoms with Gasteiger partial charge in [-0.05, 0) is 32.5 Å². The Morgan fingerprint density at radius 3 is 2.94 bits per heavy atom. The van der Waals surface area contributed by atoms with Gasteiger partial charge in [0.05, 0.1) is 6.54 Å². The lowest BCUT2D eigenvalue weighted by Gasteiger charge is -2.13. The molecule has 5 heteroatoms. The highest BCUT2D eigenvalue weighted by atomic mass is 16.4. The van der Waals surface area contributed by atoms with E-state index in [1.54, 1.807) is 0 Å². The van der Waals surface area contributed by atoms with Crippen LogP contribution >= 0.6 is 0 Å². The van der Waals surface area contributed by atoms with Gasteiger partial charge in [0.15, 0.2) is 0 Å². The molecule has 1 aliphatic heterocycles. The van der Waals surface area contributed by atoms with Crippen molar-refractivity contribution in [2.24, 2.45) is 5.92 Å². The Labute approximate surface area is 96.2 Å². The molecule has 1 aliphatic rings. The van der Waals surface area contributed by atoms with Crippen molar-refractivity contribution in [3.63, 3.8) is 0 Å². The van der Waals surface area contributed by atoms with Crippen LogP contribution in [-0.4, -0.2) is 41.8 Å². The van der Waals surface area contributed by atoms with Crippen LogP contribution in [-0.2, 0) is 13.0 Å². The molecule has 0 amide bonds. The van der Waals surface area contributed by atoms with E-state index >= 15 is 0 Å². The van der Waals surface area contributed by atoms with Crippen molar-refractivity contribution in [2.75, 3.05) is 26.7 Å². The fourth-order valence-electron chi connectivity index (χ4n) is 2.20. The Morgan fingerprint density at radius 1 is 1.44 bits per heavy atom. The molecule has 1 unspecified atom stereocenters. The third kappa shape index (κ3) is 2.80. The van der Waals surface area contributed by atoms with E-state index in [9.17, 15) is 0 Å². The lowest BCUT2D eigenvalue weighted by atomic mass is 10.1. The highest BCUT2D eigenvalue weighted by molar-refractivity contribution is 4.84. The first-order valence-electron chi connectivity index (χ1n) is 6.00. The first-order valence-corrected chi connectivity index (χ1v) is 6.00. The van der Waals surface area contributed by atoms with Crippen molar-refractivity contribution >= 4 is 0 Å². The molecule has 2 rings (SSSR count). The lowest BCUT2D eigenvalue weighted by Crippen LogP contribution is -2.24. The van der Waals surface area contributed by atoms with Crippen LogP contribution in [0, 0.1) is 5.92 Å². The first kappa shape index (κ1) is 11.5. The van der Waals surface area contributed by atoms with Gasteiger partial charge < -0.3 is 9.73 Å². The van der Waals surface area contributed by atoms with Crippen LogP contribution in [0.15, 0.2) is 4.42 Å². The molecule has 1 fully saturated rings. The summed E-state index contributed by atoms with van der Waals surface area (Å²) < 4.78 is 5.51. The van der Waals surface area contributed by atoms with Crippen molar-refractivity contribution in [3.8, 4) is 0 Å². The van der Waals surface area contributed by atoms with Crippen molar-refractivity contribution in [1.82, 2.24) is 20.4 Å². The second kappa shape index (κ2) is 5.41. The van der Waals surface area contributed by atoms with Crippen LogP contribution in [0.2, 0.25) is 0 Å². The molecular formula is C11H20N4O. The van der Waals surface area contributed by atoms with E-state index in [-0.39, 0.29) is 0 Å². The number of nitrogens with zero attached hydrogens (tertiary/aromatic N) is 3. The number of aryl methyl sites for hydroxylation is 1. The zero-order chi connectivity index (χ0) is 11.4. The Hall–Kier alpha value is -0.940. The van der Waals surface area contributed by atoms with Gasteiger partial charge in [-0.1, -0.05) is 6.92 Å². The number of aromatic nitrogens is 2. The summed E-state index contributed by atoms with van der Waals surface area (Å²) in [5.74, 6) is 2.25. The zero-order valence-corrected chi connectivity index (χ0v) is 10.1. The van der Waals surface area contributed by atoms with Crippen LogP contribution in [0.5, 0.6) is 0 Å². The fourth-order valence-corrected chi connectivity index (χ4v) is 2.20. The summed E-state index contributed by atoms with van der Waals surface area (Å²) in [6, 6.07) is 0. The van der Waals surface area contributed by atoms with Gasteiger partial charge in [0.25, 0.3) is 0 Å². The van der Waals surface area contributed by atoms with Gasteiger partial charge in [-0.2, -0.15) is 0 Å². The lowest BCUT2D eigenvalue weighted by molar-refractivity contribution is 0.276. The molecule has 1 saturated heterocycles. The summed E-state index contributed by atoms with van der Waals surface area (Å²) >= 11 is 0. The summed E-state index contributed by atoms with van der Waals surface area (Å²) in [4.78, 5) is 2.38. The number of nitrogens with one attached hydrogen (secondary N) is 1. The van der Waals surface area contributed by atoms with Gasteiger partial charge in [-0.15, -0.1) is 10.2 Å². The molecule has 0 bridgehead atoms. The Kier molecular flexibility index (Phi) is 3.90. The molecule has 2 heterocycles. The van der Waals surface area contributed by atoms with Gasteiger partial charge in [-0.25, -0.2) is 0 Å². The fraction of sp³-hybridized carbons (Fsp3) is 0.818. The number of rotatable bonds is 5. The van der Waals surface area contributed by atoms with Crippen molar-refractivity contribution < 1.29 is 4.42 Å². The topological polar surface area (TPSA) is 54.2 Å². The molecule has 0 aliphatic carbocycles. The maximum Gasteiger partial charge on any atom is 0.230 e.